The first-order valence-corrected chi connectivity index (χ1v) is 11.2. The maximum absolute atomic E-state index is 15.4. The lowest BCUT2D eigenvalue weighted by Crippen LogP contribution is -2.41. The van der Waals surface area contributed by atoms with Crippen LogP contribution in [0, 0.1) is 11.6 Å². The summed E-state index contributed by atoms with van der Waals surface area (Å²) in [7, 11) is 0. The van der Waals surface area contributed by atoms with Gasteiger partial charge in [-0.3, -0.25) is 9.80 Å². The Labute approximate surface area is 201 Å². The van der Waals surface area contributed by atoms with Crippen molar-refractivity contribution in [3.63, 3.8) is 0 Å². The molecule has 1 aliphatic rings. The van der Waals surface area contributed by atoms with Gasteiger partial charge in [-0.2, -0.15) is 0 Å². The molecular weight excluding hydrogens is 464 g/mol. The summed E-state index contributed by atoms with van der Waals surface area (Å²) >= 11 is 6.24. The van der Waals surface area contributed by atoms with E-state index >= 15 is 8.78 Å². The van der Waals surface area contributed by atoms with Crippen LogP contribution in [0.4, 0.5) is 36.5 Å². The number of hydrogen-bond donors (Lipinski definition) is 3. The summed E-state index contributed by atoms with van der Waals surface area (Å²) in [6.07, 6.45) is 1.57. The van der Waals surface area contributed by atoms with Crippen molar-refractivity contribution >= 4 is 40.5 Å². The van der Waals surface area contributed by atoms with Gasteiger partial charge in [-0.05, 0) is 43.3 Å². The second kappa shape index (κ2) is 10.3. The number of nitrogens with zero attached hydrogens (tertiary/aromatic N) is 3. The highest BCUT2D eigenvalue weighted by atomic mass is 35.5. The number of benzene rings is 2. The van der Waals surface area contributed by atoms with E-state index in [9.17, 15) is 4.79 Å². The predicted molar refractivity (Wildman–Crippen MR) is 130 cm³/mol. The molecule has 2 heterocycles. The fourth-order valence-corrected chi connectivity index (χ4v) is 4.10. The molecule has 0 unspecified atom stereocenters. The monoisotopic (exact) mass is 487 g/mol. The van der Waals surface area contributed by atoms with E-state index in [1.807, 2.05) is 0 Å². The molecule has 2 amide bonds. The summed E-state index contributed by atoms with van der Waals surface area (Å²) in [6, 6.07) is 10.1. The fourth-order valence-electron chi connectivity index (χ4n) is 3.94. The van der Waals surface area contributed by atoms with Crippen LogP contribution >= 0.6 is 11.6 Å². The van der Waals surface area contributed by atoms with Crippen LogP contribution in [0.5, 0.6) is 0 Å². The Balaban J connectivity index is 1.80. The Morgan fingerprint density at radius 1 is 1.06 bits per heavy atom. The molecule has 0 bridgehead atoms. The lowest BCUT2D eigenvalue weighted by atomic mass is 10.0. The topological polar surface area (TPSA) is 80.7 Å². The first kappa shape index (κ1) is 23.9. The lowest BCUT2D eigenvalue weighted by molar-refractivity contribution is 0.253. The molecule has 3 N–H and O–H groups in total. The van der Waals surface area contributed by atoms with Crippen molar-refractivity contribution in [1.82, 2.24) is 10.3 Å². The molecule has 0 radical (unpaired) electrons. The quantitative estimate of drug-likeness (QED) is 0.399. The van der Waals surface area contributed by atoms with E-state index in [1.165, 1.54) is 11.0 Å². The molecule has 10 heteroatoms. The second-order valence-corrected chi connectivity index (χ2v) is 8.02. The Morgan fingerprint density at radius 3 is 2.53 bits per heavy atom. The van der Waals surface area contributed by atoms with Gasteiger partial charge in [0.15, 0.2) is 11.6 Å². The van der Waals surface area contributed by atoms with Gasteiger partial charge in [0, 0.05) is 54.2 Å². The number of fused-ring (bicyclic) bond motifs is 3. The van der Waals surface area contributed by atoms with Crippen molar-refractivity contribution in [2.45, 2.75) is 6.92 Å². The minimum absolute atomic E-state index is 0.00146. The first-order chi connectivity index (χ1) is 16.5. The van der Waals surface area contributed by atoms with Crippen molar-refractivity contribution in [3.8, 4) is 11.1 Å². The number of carbonyl (C=O) groups excluding carboxylic acids is 1. The summed E-state index contributed by atoms with van der Waals surface area (Å²) in [4.78, 5) is 20.4. The van der Waals surface area contributed by atoms with E-state index in [4.69, 9.17) is 16.7 Å². The summed E-state index contributed by atoms with van der Waals surface area (Å²) in [5.74, 6) is -1.41. The molecule has 4 rings (SSSR count). The molecule has 1 aliphatic heterocycles. The Bertz CT molecular complexity index is 1190. The zero-order chi connectivity index (χ0) is 24.2. The van der Waals surface area contributed by atoms with Crippen LogP contribution in [0.1, 0.15) is 6.92 Å². The third-order valence-corrected chi connectivity index (χ3v) is 5.67. The molecule has 34 heavy (non-hydrogen) atoms. The number of amides is 2. The normalized spacial score (nSPS) is 12.9. The number of pyridine rings is 1. The van der Waals surface area contributed by atoms with E-state index in [0.29, 0.717) is 41.6 Å². The highest BCUT2D eigenvalue weighted by Gasteiger charge is 2.36. The number of halogens is 3. The van der Waals surface area contributed by atoms with Crippen molar-refractivity contribution in [2.75, 3.05) is 47.9 Å². The van der Waals surface area contributed by atoms with Crippen LogP contribution in [0.2, 0.25) is 5.02 Å². The van der Waals surface area contributed by atoms with E-state index in [2.05, 4.69) is 15.6 Å². The smallest absolute Gasteiger partial charge is 0.334 e. The minimum Gasteiger partial charge on any atom is -0.395 e. The minimum atomic E-state index is -0.903. The number of hydrogen-bond acceptors (Lipinski definition) is 5. The van der Waals surface area contributed by atoms with Crippen LogP contribution < -0.4 is 20.4 Å². The zero-order valence-electron chi connectivity index (χ0n) is 18.5. The highest BCUT2D eigenvalue weighted by Crippen LogP contribution is 2.45. The van der Waals surface area contributed by atoms with E-state index in [1.54, 1.807) is 37.4 Å². The molecule has 2 aromatic carbocycles. The standard InChI is InChI=1S/C24H24ClF2N5O2/c1-2-31-23-18(4-3-7-30-23)17-6-5-15(25)12-21(17)32(24(31)34)22-19(26)13-16(14-20(22)27)29-9-8-28-10-11-33/h3-7,12-14,28-29,33H,2,8-11H2,1H3. The maximum atomic E-state index is 15.4. The average Bonchev–Trinajstić information content (AvgIpc) is 2.91. The number of urea groups is 1. The van der Waals surface area contributed by atoms with Gasteiger partial charge in [-0.25, -0.2) is 18.6 Å². The Morgan fingerprint density at radius 2 is 1.82 bits per heavy atom. The van der Waals surface area contributed by atoms with Crippen LogP contribution in [-0.2, 0) is 0 Å². The molecule has 3 aromatic rings. The molecule has 1 aromatic heterocycles. The number of carbonyl (C=O) groups is 1. The molecule has 0 fully saturated rings. The largest absolute Gasteiger partial charge is 0.395 e. The maximum Gasteiger partial charge on any atom is 0.334 e. The van der Waals surface area contributed by atoms with E-state index in [0.717, 1.165) is 17.0 Å². The lowest BCUT2D eigenvalue weighted by Gasteiger charge is -2.28. The first-order valence-electron chi connectivity index (χ1n) is 10.9. The summed E-state index contributed by atoms with van der Waals surface area (Å²) in [6.45, 7) is 3.32. The number of rotatable bonds is 8. The molecule has 178 valence electrons. The number of aliphatic hydroxyl groups is 1. The van der Waals surface area contributed by atoms with Crippen molar-refractivity contribution in [2.24, 2.45) is 0 Å². The molecule has 0 spiro atoms. The zero-order valence-corrected chi connectivity index (χ0v) is 19.2. The number of nitrogens with one attached hydrogen (secondary N) is 2. The van der Waals surface area contributed by atoms with Crippen LogP contribution in [0.15, 0.2) is 48.7 Å². The molecule has 7 nitrogen and oxygen atoms in total. The molecule has 0 saturated carbocycles. The second-order valence-electron chi connectivity index (χ2n) is 7.59. The Kier molecular flexibility index (Phi) is 7.26. The van der Waals surface area contributed by atoms with Gasteiger partial charge in [0.05, 0.1) is 12.3 Å². The van der Waals surface area contributed by atoms with Gasteiger partial charge in [-0.15, -0.1) is 0 Å². The Hall–Kier alpha value is -3.27. The summed E-state index contributed by atoms with van der Waals surface area (Å²) < 4.78 is 30.8. The van der Waals surface area contributed by atoms with Gasteiger partial charge < -0.3 is 15.7 Å². The summed E-state index contributed by atoms with van der Waals surface area (Å²) in [5, 5.41) is 15.0. The molecule has 0 saturated heterocycles. The van der Waals surface area contributed by atoms with Crippen LogP contribution in [-0.4, -0.2) is 48.9 Å². The fraction of sp³-hybridized carbons (Fsp3) is 0.250. The van der Waals surface area contributed by atoms with E-state index in [-0.39, 0.29) is 24.5 Å². The molecular formula is C24H24ClF2N5O2. The SMILES string of the molecule is CCN1C(=O)N(c2c(F)cc(NCCNCCO)cc2F)c2cc(Cl)ccc2-c2cccnc21. The van der Waals surface area contributed by atoms with Gasteiger partial charge in [0.1, 0.15) is 11.5 Å². The van der Waals surface area contributed by atoms with Crippen molar-refractivity contribution in [1.29, 1.82) is 0 Å². The van der Waals surface area contributed by atoms with Gasteiger partial charge in [0.25, 0.3) is 0 Å². The molecule has 0 aliphatic carbocycles. The van der Waals surface area contributed by atoms with Crippen molar-refractivity contribution < 1.29 is 18.7 Å². The number of anilines is 4. The van der Waals surface area contributed by atoms with Gasteiger partial charge in [0.2, 0.25) is 0 Å². The van der Waals surface area contributed by atoms with Crippen LogP contribution in [0.25, 0.3) is 11.1 Å². The third kappa shape index (κ3) is 4.54. The third-order valence-electron chi connectivity index (χ3n) is 5.43. The van der Waals surface area contributed by atoms with Crippen molar-refractivity contribution in [3.05, 3.63) is 65.3 Å². The number of aliphatic hydroxyl groups excluding tert-OH is 1. The highest BCUT2D eigenvalue weighted by molar-refractivity contribution is 6.31. The average molecular weight is 488 g/mol. The predicted octanol–water partition coefficient (Wildman–Crippen LogP) is 4.77. The number of aromatic nitrogens is 1. The van der Waals surface area contributed by atoms with E-state index < -0.39 is 23.4 Å². The van der Waals surface area contributed by atoms with Gasteiger partial charge in [-0.1, -0.05) is 17.7 Å². The molecule has 0 atom stereocenters. The van der Waals surface area contributed by atoms with Gasteiger partial charge >= 0.3 is 6.03 Å². The van der Waals surface area contributed by atoms with Crippen LogP contribution in [0.3, 0.4) is 0 Å². The summed E-state index contributed by atoms with van der Waals surface area (Å²) in [5.41, 5.74) is 1.22.